The van der Waals surface area contributed by atoms with E-state index in [1.807, 2.05) is 0 Å². The van der Waals surface area contributed by atoms with Gasteiger partial charge in [-0.05, 0) is 31.2 Å². The molecule has 0 aliphatic heterocycles. The SMILES string of the molecule is COC(=O)c1ccc(C(C)Sc2ccc(F)cc2F)o1. The number of hydrogen-bond donors (Lipinski definition) is 0. The summed E-state index contributed by atoms with van der Waals surface area (Å²) in [6.07, 6.45) is 0. The Hall–Kier alpha value is -1.82. The molecule has 6 heteroatoms. The van der Waals surface area contributed by atoms with Crippen LogP contribution in [0.15, 0.2) is 39.6 Å². The molecule has 0 fully saturated rings. The molecule has 1 atom stereocenters. The van der Waals surface area contributed by atoms with Gasteiger partial charge in [0.15, 0.2) is 0 Å². The Morgan fingerprint density at radius 1 is 1.30 bits per heavy atom. The first-order chi connectivity index (χ1) is 9.51. The summed E-state index contributed by atoms with van der Waals surface area (Å²) in [6.45, 7) is 1.80. The molecule has 3 nitrogen and oxygen atoms in total. The molecular weight excluding hydrogens is 286 g/mol. The Labute approximate surface area is 118 Å². The first kappa shape index (κ1) is 14.6. The smallest absolute Gasteiger partial charge is 0.373 e. The van der Waals surface area contributed by atoms with E-state index in [1.165, 1.54) is 37.1 Å². The minimum absolute atomic E-state index is 0.0922. The standard InChI is InChI=1S/C14H12F2O3S/c1-8(11-4-5-12(19-11)14(17)18-2)20-13-6-3-9(15)7-10(13)16/h3-8H,1-2H3. The molecule has 0 saturated heterocycles. The molecule has 106 valence electrons. The highest BCUT2D eigenvalue weighted by atomic mass is 32.2. The summed E-state index contributed by atoms with van der Waals surface area (Å²) < 4.78 is 36.2. The fraction of sp³-hybridized carbons (Fsp3) is 0.214. The third-order valence-electron chi connectivity index (χ3n) is 2.61. The number of ether oxygens (including phenoxy) is 1. The molecule has 0 spiro atoms. The second-order valence-electron chi connectivity index (χ2n) is 4.03. The predicted molar refractivity (Wildman–Crippen MR) is 70.7 cm³/mol. The van der Waals surface area contributed by atoms with Crippen molar-refractivity contribution in [1.29, 1.82) is 0 Å². The lowest BCUT2D eigenvalue weighted by molar-refractivity contribution is 0.0563. The van der Waals surface area contributed by atoms with Crippen LogP contribution >= 0.6 is 11.8 Å². The summed E-state index contributed by atoms with van der Waals surface area (Å²) in [4.78, 5) is 11.6. The van der Waals surface area contributed by atoms with Crippen LogP contribution in [0.1, 0.15) is 28.5 Å². The molecule has 1 aromatic heterocycles. The molecule has 0 radical (unpaired) electrons. The third-order valence-corrected chi connectivity index (χ3v) is 3.78. The average Bonchev–Trinajstić information content (AvgIpc) is 2.90. The van der Waals surface area contributed by atoms with Crippen molar-refractivity contribution in [2.45, 2.75) is 17.1 Å². The lowest BCUT2D eigenvalue weighted by Crippen LogP contribution is -1.98. The maximum atomic E-state index is 13.5. The van der Waals surface area contributed by atoms with E-state index >= 15 is 0 Å². The number of benzene rings is 1. The number of thioether (sulfide) groups is 1. The summed E-state index contributed by atoms with van der Waals surface area (Å²) in [5.74, 6) is -1.21. The fourth-order valence-electron chi connectivity index (χ4n) is 1.60. The van der Waals surface area contributed by atoms with E-state index in [-0.39, 0.29) is 11.0 Å². The molecular formula is C14H12F2O3S. The average molecular weight is 298 g/mol. The summed E-state index contributed by atoms with van der Waals surface area (Å²) >= 11 is 1.18. The number of carbonyl (C=O) groups excluding carboxylic acids is 1. The first-order valence-corrected chi connectivity index (χ1v) is 6.69. The Balaban J connectivity index is 2.13. The Kier molecular flexibility index (Phi) is 4.44. The van der Waals surface area contributed by atoms with Crippen LogP contribution in [-0.4, -0.2) is 13.1 Å². The van der Waals surface area contributed by atoms with Gasteiger partial charge in [0.25, 0.3) is 0 Å². The van der Waals surface area contributed by atoms with Gasteiger partial charge in [-0.15, -0.1) is 11.8 Å². The zero-order chi connectivity index (χ0) is 14.7. The van der Waals surface area contributed by atoms with Gasteiger partial charge in [0, 0.05) is 11.0 Å². The molecule has 0 bridgehead atoms. The lowest BCUT2D eigenvalue weighted by atomic mass is 10.3. The molecule has 1 aromatic carbocycles. The number of hydrogen-bond acceptors (Lipinski definition) is 4. The number of furan rings is 1. The highest BCUT2D eigenvalue weighted by Gasteiger charge is 2.17. The fourth-order valence-corrected chi connectivity index (χ4v) is 2.54. The van der Waals surface area contributed by atoms with Crippen molar-refractivity contribution >= 4 is 17.7 Å². The van der Waals surface area contributed by atoms with Crippen molar-refractivity contribution in [3.63, 3.8) is 0 Å². The molecule has 0 saturated carbocycles. The van der Waals surface area contributed by atoms with Crippen molar-refractivity contribution in [3.8, 4) is 0 Å². The number of esters is 1. The number of methoxy groups -OCH3 is 1. The minimum atomic E-state index is -0.624. The largest absolute Gasteiger partial charge is 0.463 e. The van der Waals surface area contributed by atoms with Crippen LogP contribution in [-0.2, 0) is 4.74 Å². The van der Waals surface area contributed by atoms with Crippen molar-refractivity contribution in [2.75, 3.05) is 7.11 Å². The number of carbonyl (C=O) groups is 1. The molecule has 0 N–H and O–H groups in total. The number of rotatable bonds is 4. The molecule has 0 aliphatic rings. The van der Waals surface area contributed by atoms with E-state index < -0.39 is 17.6 Å². The molecule has 1 heterocycles. The van der Waals surface area contributed by atoms with Gasteiger partial charge >= 0.3 is 5.97 Å². The molecule has 1 unspecified atom stereocenters. The monoisotopic (exact) mass is 298 g/mol. The van der Waals surface area contributed by atoms with E-state index in [4.69, 9.17) is 4.42 Å². The van der Waals surface area contributed by atoms with Gasteiger partial charge in [-0.2, -0.15) is 0 Å². The minimum Gasteiger partial charge on any atom is -0.463 e. The number of halogens is 2. The van der Waals surface area contributed by atoms with Crippen LogP contribution in [0.5, 0.6) is 0 Å². The van der Waals surface area contributed by atoms with Crippen LogP contribution < -0.4 is 0 Å². The van der Waals surface area contributed by atoms with Crippen molar-refractivity contribution in [2.24, 2.45) is 0 Å². The highest BCUT2D eigenvalue weighted by molar-refractivity contribution is 7.99. The van der Waals surface area contributed by atoms with E-state index in [1.54, 1.807) is 13.0 Å². The van der Waals surface area contributed by atoms with Gasteiger partial charge in [-0.1, -0.05) is 0 Å². The maximum absolute atomic E-state index is 13.5. The van der Waals surface area contributed by atoms with Crippen LogP contribution in [0.3, 0.4) is 0 Å². The molecule has 0 amide bonds. The van der Waals surface area contributed by atoms with Crippen molar-refractivity contribution in [1.82, 2.24) is 0 Å². The molecule has 2 aromatic rings. The maximum Gasteiger partial charge on any atom is 0.373 e. The second-order valence-corrected chi connectivity index (χ2v) is 5.41. The summed E-state index contributed by atoms with van der Waals surface area (Å²) in [5.41, 5.74) is 0. The topological polar surface area (TPSA) is 39.4 Å². The molecule has 0 aliphatic carbocycles. The van der Waals surface area contributed by atoms with E-state index in [0.29, 0.717) is 10.7 Å². The Bertz CT molecular complexity index is 625. The summed E-state index contributed by atoms with van der Waals surface area (Å²) in [5, 5.41) is -0.228. The quantitative estimate of drug-likeness (QED) is 0.626. The van der Waals surface area contributed by atoms with Gasteiger partial charge in [-0.25, -0.2) is 13.6 Å². The predicted octanol–water partition coefficient (Wildman–Crippen LogP) is 4.20. The van der Waals surface area contributed by atoms with Crippen LogP contribution in [0.2, 0.25) is 0 Å². The lowest BCUT2D eigenvalue weighted by Gasteiger charge is -2.09. The van der Waals surface area contributed by atoms with Gasteiger partial charge in [0.05, 0.1) is 12.4 Å². The van der Waals surface area contributed by atoms with Gasteiger partial charge in [-0.3, -0.25) is 0 Å². The van der Waals surface area contributed by atoms with E-state index in [2.05, 4.69) is 4.74 Å². The molecule has 2 rings (SSSR count). The van der Waals surface area contributed by atoms with Crippen molar-refractivity contribution < 1.29 is 22.7 Å². The van der Waals surface area contributed by atoms with E-state index in [9.17, 15) is 13.6 Å². The van der Waals surface area contributed by atoms with Crippen LogP contribution in [0.25, 0.3) is 0 Å². The van der Waals surface area contributed by atoms with Gasteiger partial charge in [0.1, 0.15) is 17.4 Å². The molecule has 20 heavy (non-hydrogen) atoms. The Morgan fingerprint density at radius 2 is 2.05 bits per heavy atom. The zero-order valence-electron chi connectivity index (χ0n) is 10.9. The summed E-state index contributed by atoms with van der Waals surface area (Å²) in [6, 6.07) is 6.53. The van der Waals surface area contributed by atoms with E-state index in [0.717, 1.165) is 6.07 Å². The summed E-state index contributed by atoms with van der Waals surface area (Å²) in [7, 11) is 1.26. The second kappa shape index (κ2) is 6.09. The van der Waals surface area contributed by atoms with Crippen LogP contribution in [0.4, 0.5) is 8.78 Å². The van der Waals surface area contributed by atoms with Crippen molar-refractivity contribution in [3.05, 3.63) is 53.5 Å². The highest BCUT2D eigenvalue weighted by Crippen LogP contribution is 2.37. The zero-order valence-corrected chi connectivity index (χ0v) is 11.7. The Morgan fingerprint density at radius 3 is 2.70 bits per heavy atom. The van der Waals surface area contributed by atoms with Gasteiger partial charge in [0.2, 0.25) is 5.76 Å². The first-order valence-electron chi connectivity index (χ1n) is 5.81. The van der Waals surface area contributed by atoms with Crippen LogP contribution in [0, 0.1) is 11.6 Å². The third kappa shape index (κ3) is 3.19. The van der Waals surface area contributed by atoms with Gasteiger partial charge < -0.3 is 9.15 Å². The normalized spacial score (nSPS) is 12.2.